The normalized spacial score (nSPS) is 12.2. The van der Waals surface area contributed by atoms with Crippen molar-refractivity contribution in [3.05, 3.63) is 89.9 Å². The minimum atomic E-state index is -4.32. The number of Topliss-reactive ketones (excluding diaryl/α,β-unsaturated/α-hetero) is 1. The minimum absolute atomic E-state index is 0.0391. The maximum absolute atomic E-state index is 12.7. The summed E-state index contributed by atoms with van der Waals surface area (Å²) >= 11 is 0. The Balaban J connectivity index is 1.71. The fourth-order valence-corrected chi connectivity index (χ4v) is 3.22. The quantitative estimate of drug-likeness (QED) is 0.416. The number of ether oxygens (including phenoxy) is 1. The van der Waals surface area contributed by atoms with Gasteiger partial charge < -0.3 is 14.5 Å². The number of carbonyl (C=O) groups is 2. The van der Waals surface area contributed by atoms with Crippen molar-refractivity contribution >= 4 is 22.0 Å². The number of amides is 1. The third kappa shape index (κ3) is 5.79. The molecule has 1 heterocycles. The number of benzene rings is 2. The van der Waals surface area contributed by atoms with Gasteiger partial charge in [0.25, 0.3) is 10.1 Å². The lowest BCUT2D eigenvalue weighted by atomic mass is 10.0. The first-order chi connectivity index (χ1) is 14.3. The Labute approximate surface area is 173 Å². The van der Waals surface area contributed by atoms with Crippen molar-refractivity contribution in [1.82, 2.24) is 5.32 Å². The highest BCUT2D eigenvalue weighted by molar-refractivity contribution is 7.85. The molecule has 8 nitrogen and oxygen atoms in total. The van der Waals surface area contributed by atoms with E-state index < -0.39 is 28.0 Å². The Morgan fingerprint density at radius 1 is 0.967 bits per heavy atom. The summed E-state index contributed by atoms with van der Waals surface area (Å²) in [6.07, 6.45) is 0.628. The molecule has 0 radical (unpaired) electrons. The van der Waals surface area contributed by atoms with Crippen molar-refractivity contribution in [1.29, 1.82) is 0 Å². The molecule has 2 N–H and O–H groups in total. The molecule has 1 amide bonds. The van der Waals surface area contributed by atoms with Gasteiger partial charge in [-0.05, 0) is 35.4 Å². The van der Waals surface area contributed by atoms with Crippen LogP contribution in [0.2, 0.25) is 0 Å². The molecule has 0 bridgehead atoms. The zero-order chi connectivity index (χ0) is 21.6. The molecule has 1 aromatic heterocycles. The molecule has 9 heteroatoms. The van der Waals surface area contributed by atoms with Crippen LogP contribution in [-0.2, 0) is 27.9 Å². The molecule has 1 atom stereocenters. The Morgan fingerprint density at radius 2 is 1.67 bits per heavy atom. The van der Waals surface area contributed by atoms with E-state index in [1.54, 1.807) is 18.2 Å². The number of hydrogen-bond donors (Lipinski definition) is 2. The van der Waals surface area contributed by atoms with Gasteiger partial charge in [0.1, 0.15) is 12.6 Å². The lowest BCUT2D eigenvalue weighted by Gasteiger charge is -2.17. The molecule has 3 aromatic rings. The fraction of sp³-hybridized carbons (Fsp3) is 0.143. The average Bonchev–Trinajstić information content (AvgIpc) is 3.27. The summed E-state index contributed by atoms with van der Waals surface area (Å²) in [7, 11) is -4.32. The van der Waals surface area contributed by atoms with Gasteiger partial charge in [-0.25, -0.2) is 4.79 Å². The molecule has 0 aliphatic carbocycles. The predicted octanol–water partition coefficient (Wildman–Crippen LogP) is 3.25. The zero-order valence-electron chi connectivity index (χ0n) is 15.7. The summed E-state index contributed by atoms with van der Waals surface area (Å²) in [5, 5.41) is 2.53. The van der Waals surface area contributed by atoms with Gasteiger partial charge in [-0.2, -0.15) is 8.42 Å². The van der Waals surface area contributed by atoms with Gasteiger partial charge in [-0.3, -0.25) is 9.35 Å². The Bertz CT molecular complexity index is 1090. The van der Waals surface area contributed by atoms with Crippen molar-refractivity contribution in [2.24, 2.45) is 0 Å². The smallest absolute Gasteiger partial charge is 0.408 e. The molecule has 156 valence electrons. The lowest BCUT2D eigenvalue weighted by Crippen LogP contribution is -2.42. The first kappa shape index (κ1) is 21.3. The number of carbonyl (C=O) groups excluding carboxylic acids is 2. The Hall–Kier alpha value is -3.43. The summed E-state index contributed by atoms with van der Waals surface area (Å²) in [5.41, 5.74) is 1.36. The number of furan rings is 1. The van der Waals surface area contributed by atoms with Gasteiger partial charge in [-0.1, -0.05) is 42.5 Å². The highest BCUT2D eigenvalue weighted by Gasteiger charge is 2.25. The van der Waals surface area contributed by atoms with Gasteiger partial charge in [0.05, 0.1) is 11.2 Å². The van der Waals surface area contributed by atoms with Crippen molar-refractivity contribution in [2.75, 3.05) is 0 Å². The van der Waals surface area contributed by atoms with Crippen LogP contribution >= 0.6 is 0 Å². The van der Waals surface area contributed by atoms with E-state index in [0.29, 0.717) is 5.56 Å². The summed E-state index contributed by atoms with van der Waals surface area (Å²) in [4.78, 5) is 24.7. The van der Waals surface area contributed by atoms with E-state index in [1.807, 2.05) is 18.2 Å². The zero-order valence-corrected chi connectivity index (χ0v) is 16.5. The molecular weight excluding hydrogens is 410 g/mol. The maximum Gasteiger partial charge on any atom is 0.408 e. The Morgan fingerprint density at radius 3 is 2.27 bits per heavy atom. The number of ketones is 1. The van der Waals surface area contributed by atoms with Crippen molar-refractivity contribution in [2.45, 2.75) is 24.0 Å². The topological polar surface area (TPSA) is 123 Å². The van der Waals surface area contributed by atoms with E-state index >= 15 is 0 Å². The van der Waals surface area contributed by atoms with E-state index in [4.69, 9.17) is 13.7 Å². The third-order valence-corrected chi connectivity index (χ3v) is 5.11. The van der Waals surface area contributed by atoms with Gasteiger partial charge in [0.2, 0.25) is 5.78 Å². The number of rotatable bonds is 8. The fourth-order valence-electron chi connectivity index (χ4n) is 2.74. The van der Waals surface area contributed by atoms with E-state index in [9.17, 15) is 18.0 Å². The molecule has 0 aliphatic heterocycles. The molecule has 0 saturated carbocycles. The van der Waals surface area contributed by atoms with Crippen LogP contribution in [0.25, 0.3) is 0 Å². The summed E-state index contributed by atoms with van der Waals surface area (Å²) in [6, 6.07) is 16.4. The summed E-state index contributed by atoms with van der Waals surface area (Å²) < 4.78 is 41.8. The van der Waals surface area contributed by atoms with E-state index in [0.717, 1.165) is 5.56 Å². The van der Waals surface area contributed by atoms with Gasteiger partial charge in [0, 0.05) is 6.42 Å². The van der Waals surface area contributed by atoms with Crippen LogP contribution in [0, 0.1) is 0 Å². The van der Waals surface area contributed by atoms with Crippen LogP contribution in [0.3, 0.4) is 0 Å². The molecule has 2 aromatic carbocycles. The van der Waals surface area contributed by atoms with Gasteiger partial charge in [0.15, 0.2) is 5.76 Å². The second-order valence-corrected chi connectivity index (χ2v) is 7.84. The standard InChI is InChI=1S/C21H19NO7S/c23-20(19-7-4-12-28-19)18(13-15-8-10-17(11-9-15)30(25,26)27)22-21(24)29-14-16-5-2-1-3-6-16/h1-12,18H,13-14H2,(H,22,24)(H,25,26,27)/t18-/m0/s1. The van der Waals surface area contributed by atoms with E-state index in [1.165, 1.54) is 36.6 Å². The maximum atomic E-state index is 12.7. The molecular formula is C21H19NO7S. The van der Waals surface area contributed by atoms with Crippen LogP contribution in [0.1, 0.15) is 21.7 Å². The highest BCUT2D eigenvalue weighted by Crippen LogP contribution is 2.14. The second-order valence-electron chi connectivity index (χ2n) is 6.42. The Kier molecular flexibility index (Phi) is 6.65. The minimum Gasteiger partial charge on any atom is -0.461 e. The van der Waals surface area contributed by atoms with Crippen molar-refractivity contribution in [3.8, 4) is 0 Å². The average molecular weight is 429 g/mol. The van der Waals surface area contributed by atoms with E-state index in [2.05, 4.69) is 5.32 Å². The largest absolute Gasteiger partial charge is 0.461 e. The lowest BCUT2D eigenvalue weighted by molar-refractivity contribution is 0.0890. The van der Waals surface area contributed by atoms with E-state index in [-0.39, 0.29) is 23.7 Å². The monoisotopic (exact) mass is 429 g/mol. The molecule has 30 heavy (non-hydrogen) atoms. The van der Waals surface area contributed by atoms with Crippen molar-refractivity contribution in [3.63, 3.8) is 0 Å². The summed E-state index contributed by atoms with van der Waals surface area (Å²) in [5.74, 6) is -0.395. The van der Waals surface area contributed by atoms with Crippen LogP contribution in [0.5, 0.6) is 0 Å². The van der Waals surface area contributed by atoms with Gasteiger partial charge >= 0.3 is 6.09 Å². The molecule has 0 saturated heterocycles. The second kappa shape index (κ2) is 9.38. The van der Waals surface area contributed by atoms with Crippen molar-refractivity contribution < 1.29 is 31.7 Å². The SMILES string of the molecule is O=C(N[C@@H](Cc1ccc(S(=O)(=O)O)cc1)C(=O)c1ccco1)OCc1ccccc1. The van der Waals surface area contributed by atoms with Crippen LogP contribution in [0.15, 0.2) is 82.3 Å². The number of alkyl carbamates (subject to hydrolysis) is 1. The highest BCUT2D eigenvalue weighted by atomic mass is 32.2. The van der Waals surface area contributed by atoms with Crippen LogP contribution in [-0.4, -0.2) is 30.9 Å². The molecule has 3 rings (SSSR count). The third-order valence-electron chi connectivity index (χ3n) is 4.25. The first-order valence-electron chi connectivity index (χ1n) is 8.94. The van der Waals surface area contributed by atoms with Crippen LogP contribution < -0.4 is 5.32 Å². The molecule has 0 aliphatic rings. The first-order valence-corrected chi connectivity index (χ1v) is 10.4. The molecule has 0 fully saturated rings. The molecule has 0 unspecified atom stereocenters. The number of hydrogen-bond acceptors (Lipinski definition) is 6. The molecule has 0 spiro atoms. The predicted molar refractivity (Wildman–Crippen MR) is 107 cm³/mol. The van der Waals surface area contributed by atoms with Crippen LogP contribution in [0.4, 0.5) is 4.79 Å². The number of nitrogens with one attached hydrogen (secondary N) is 1. The van der Waals surface area contributed by atoms with Gasteiger partial charge in [-0.15, -0.1) is 0 Å². The summed E-state index contributed by atoms with van der Waals surface area (Å²) in [6.45, 7) is 0.0391.